The molecule has 1 aliphatic rings. The Hall–Kier alpha value is -2.31. The molecule has 142 valence electrons. The lowest BCUT2D eigenvalue weighted by Crippen LogP contribution is -2.32. The van der Waals surface area contributed by atoms with Gasteiger partial charge in [-0.25, -0.2) is 13.1 Å². The standard InChI is InChI=1S/C21H24N2O3S/c1-15-12-16(26-3)8-9-20(15)27(24,25)22-14-21(10-11-21)18-13-23(2)19-7-5-4-6-17(18)19/h4-9,12-13,22H,10-11,14H2,1-3H3. The number of benzene rings is 2. The summed E-state index contributed by atoms with van der Waals surface area (Å²) < 4.78 is 35.9. The molecule has 6 heteroatoms. The zero-order valence-electron chi connectivity index (χ0n) is 15.8. The summed E-state index contributed by atoms with van der Waals surface area (Å²) >= 11 is 0. The summed E-state index contributed by atoms with van der Waals surface area (Å²) in [4.78, 5) is 0.303. The van der Waals surface area contributed by atoms with Crippen molar-refractivity contribution < 1.29 is 13.2 Å². The van der Waals surface area contributed by atoms with Gasteiger partial charge in [-0.05, 0) is 55.2 Å². The zero-order chi connectivity index (χ0) is 19.2. The molecule has 4 rings (SSSR count). The van der Waals surface area contributed by atoms with Crippen molar-refractivity contribution in [2.24, 2.45) is 7.05 Å². The molecule has 1 fully saturated rings. The van der Waals surface area contributed by atoms with Crippen molar-refractivity contribution in [2.45, 2.75) is 30.1 Å². The van der Waals surface area contributed by atoms with Crippen molar-refractivity contribution in [1.82, 2.24) is 9.29 Å². The van der Waals surface area contributed by atoms with Gasteiger partial charge in [-0.2, -0.15) is 0 Å². The number of rotatable bonds is 6. The van der Waals surface area contributed by atoms with Crippen LogP contribution >= 0.6 is 0 Å². The molecule has 0 amide bonds. The highest BCUT2D eigenvalue weighted by Crippen LogP contribution is 2.50. The monoisotopic (exact) mass is 384 g/mol. The van der Waals surface area contributed by atoms with Crippen molar-refractivity contribution >= 4 is 20.9 Å². The largest absolute Gasteiger partial charge is 0.497 e. The number of ether oxygens (including phenoxy) is 1. The van der Waals surface area contributed by atoms with E-state index in [9.17, 15) is 8.42 Å². The van der Waals surface area contributed by atoms with E-state index in [1.54, 1.807) is 32.2 Å². The van der Waals surface area contributed by atoms with Crippen molar-refractivity contribution in [3.63, 3.8) is 0 Å². The minimum Gasteiger partial charge on any atom is -0.497 e. The van der Waals surface area contributed by atoms with Crippen molar-refractivity contribution in [1.29, 1.82) is 0 Å². The first-order valence-electron chi connectivity index (χ1n) is 9.05. The third-order valence-corrected chi connectivity index (χ3v) is 7.16. The fourth-order valence-corrected chi connectivity index (χ4v) is 5.17. The van der Waals surface area contributed by atoms with Crippen molar-refractivity contribution in [2.75, 3.05) is 13.7 Å². The van der Waals surface area contributed by atoms with Crippen LogP contribution in [0, 0.1) is 6.92 Å². The van der Waals surface area contributed by atoms with Gasteiger partial charge >= 0.3 is 0 Å². The van der Waals surface area contributed by atoms with Crippen LogP contribution in [0.5, 0.6) is 5.75 Å². The molecular weight excluding hydrogens is 360 g/mol. The summed E-state index contributed by atoms with van der Waals surface area (Å²) in [6.07, 6.45) is 4.13. The van der Waals surface area contributed by atoms with E-state index in [1.807, 2.05) is 19.2 Å². The Balaban J connectivity index is 1.61. The van der Waals surface area contributed by atoms with Gasteiger partial charge in [-0.15, -0.1) is 0 Å². The number of hydrogen-bond acceptors (Lipinski definition) is 3. The molecule has 0 atom stereocenters. The summed E-state index contributed by atoms with van der Waals surface area (Å²) in [6.45, 7) is 2.20. The molecule has 1 aromatic heterocycles. The van der Waals surface area contributed by atoms with E-state index < -0.39 is 10.0 Å². The predicted octanol–water partition coefficient (Wildman–Crippen LogP) is 3.51. The van der Waals surface area contributed by atoms with Crippen LogP contribution in [0.4, 0.5) is 0 Å². The normalized spacial score (nSPS) is 15.8. The molecule has 0 bridgehead atoms. The van der Waals surface area contributed by atoms with E-state index in [1.165, 1.54) is 16.5 Å². The summed E-state index contributed by atoms with van der Waals surface area (Å²) in [7, 11) is 0.0302. The molecule has 1 aliphatic carbocycles. The van der Waals surface area contributed by atoms with E-state index in [4.69, 9.17) is 4.74 Å². The van der Waals surface area contributed by atoms with Crippen LogP contribution in [0.25, 0.3) is 10.9 Å². The second-order valence-corrected chi connectivity index (χ2v) is 9.14. The Morgan fingerprint density at radius 2 is 1.93 bits per heavy atom. The van der Waals surface area contributed by atoms with E-state index in [-0.39, 0.29) is 5.41 Å². The van der Waals surface area contributed by atoms with Gasteiger partial charge in [0.2, 0.25) is 10.0 Å². The van der Waals surface area contributed by atoms with Gasteiger partial charge < -0.3 is 9.30 Å². The van der Waals surface area contributed by atoms with E-state index >= 15 is 0 Å². The van der Waals surface area contributed by atoms with Crippen LogP contribution in [0.15, 0.2) is 53.6 Å². The van der Waals surface area contributed by atoms with E-state index in [0.717, 1.165) is 12.8 Å². The third-order valence-electron chi connectivity index (χ3n) is 5.59. The van der Waals surface area contributed by atoms with Gasteiger partial charge in [-0.1, -0.05) is 18.2 Å². The van der Waals surface area contributed by atoms with Gasteiger partial charge in [0.1, 0.15) is 5.75 Å². The fraction of sp³-hybridized carbons (Fsp3) is 0.333. The van der Waals surface area contributed by atoms with Gasteiger partial charge in [-0.3, -0.25) is 0 Å². The molecule has 0 saturated heterocycles. The first kappa shape index (κ1) is 18.1. The van der Waals surface area contributed by atoms with E-state index in [2.05, 4.69) is 27.6 Å². The molecule has 0 radical (unpaired) electrons. The maximum absolute atomic E-state index is 12.9. The number of nitrogens with zero attached hydrogens (tertiary/aromatic N) is 1. The molecule has 0 unspecified atom stereocenters. The molecule has 5 nitrogen and oxygen atoms in total. The van der Waals surface area contributed by atoms with E-state index in [0.29, 0.717) is 22.8 Å². The summed E-state index contributed by atoms with van der Waals surface area (Å²) in [6, 6.07) is 13.3. The third kappa shape index (κ3) is 3.13. The van der Waals surface area contributed by atoms with Crippen LogP contribution in [0.3, 0.4) is 0 Å². The number of hydrogen-bond donors (Lipinski definition) is 1. The molecule has 0 spiro atoms. The lowest BCUT2D eigenvalue weighted by Gasteiger charge is -2.17. The maximum atomic E-state index is 12.9. The first-order valence-corrected chi connectivity index (χ1v) is 10.5. The number of methoxy groups -OCH3 is 1. The minimum atomic E-state index is -3.58. The maximum Gasteiger partial charge on any atom is 0.240 e. The highest BCUT2D eigenvalue weighted by Gasteiger charge is 2.46. The highest BCUT2D eigenvalue weighted by molar-refractivity contribution is 7.89. The van der Waals surface area contributed by atoms with Gasteiger partial charge in [0.15, 0.2) is 0 Å². The van der Waals surface area contributed by atoms with Crippen LogP contribution in [-0.2, 0) is 22.5 Å². The van der Waals surface area contributed by atoms with Crippen molar-refractivity contribution in [3.8, 4) is 5.75 Å². The first-order chi connectivity index (χ1) is 12.9. The fourth-order valence-electron chi connectivity index (χ4n) is 3.82. The van der Waals surface area contributed by atoms with Crippen LogP contribution in [0.1, 0.15) is 24.0 Å². The predicted molar refractivity (Wildman–Crippen MR) is 107 cm³/mol. The number of para-hydroxylation sites is 1. The van der Waals surface area contributed by atoms with Crippen LogP contribution < -0.4 is 9.46 Å². The Morgan fingerprint density at radius 3 is 2.59 bits per heavy atom. The van der Waals surface area contributed by atoms with Crippen molar-refractivity contribution in [3.05, 3.63) is 59.8 Å². The number of fused-ring (bicyclic) bond motifs is 1. The topological polar surface area (TPSA) is 60.3 Å². The summed E-state index contributed by atoms with van der Waals surface area (Å²) in [5.74, 6) is 0.654. The smallest absolute Gasteiger partial charge is 0.240 e. The molecular formula is C21H24N2O3S. The molecule has 0 aliphatic heterocycles. The SMILES string of the molecule is COc1ccc(S(=O)(=O)NCC2(c3cn(C)c4ccccc34)CC2)c(C)c1. The molecule has 1 saturated carbocycles. The molecule has 1 N–H and O–H groups in total. The minimum absolute atomic E-state index is 0.117. The number of aryl methyl sites for hydroxylation is 2. The van der Waals surface area contributed by atoms with Crippen LogP contribution in [-0.4, -0.2) is 26.6 Å². The lowest BCUT2D eigenvalue weighted by molar-refractivity contribution is 0.414. The van der Waals surface area contributed by atoms with Gasteiger partial charge in [0.25, 0.3) is 0 Å². The van der Waals surface area contributed by atoms with Crippen LogP contribution in [0.2, 0.25) is 0 Å². The Bertz CT molecular complexity index is 1110. The summed E-state index contributed by atoms with van der Waals surface area (Å²) in [5.41, 5.74) is 2.97. The zero-order valence-corrected chi connectivity index (χ0v) is 16.6. The second kappa shape index (κ2) is 6.39. The Morgan fingerprint density at radius 1 is 1.19 bits per heavy atom. The van der Waals surface area contributed by atoms with Gasteiger partial charge in [0, 0.05) is 36.1 Å². The number of aromatic nitrogens is 1. The molecule has 2 aromatic carbocycles. The molecule has 1 heterocycles. The number of sulfonamides is 1. The molecule has 3 aromatic rings. The number of nitrogens with one attached hydrogen (secondary N) is 1. The highest BCUT2D eigenvalue weighted by atomic mass is 32.2. The van der Waals surface area contributed by atoms with Gasteiger partial charge in [0.05, 0.1) is 12.0 Å². The Kier molecular flexibility index (Phi) is 4.28. The Labute approximate surface area is 160 Å². The summed E-state index contributed by atoms with van der Waals surface area (Å²) in [5, 5.41) is 1.21. The molecule has 27 heavy (non-hydrogen) atoms. The average molecular weight is 385 g/mol. The average Bonchev–Trinajstić information content (AvgIpc) is 3.38. The second-order valence-electron chi connectivity index (χ2n) is 7.41. The lowest BCUT2D eigenvalue weighted by atomic mass is 9.96. The quantitative estimate of drug-likeness (QED) is 0.708.